The van der Waals surface area contributed by atoms with Crippen molar-refractivity contribution in [3.63, 3.8) is 0 Å². The van der Waals surface area contributed by atoms with Gasteiger partial charge in [0.05, 0.1) is 30.5 Å². The Kier molecular flexibility index (Phi) is 19.4. The van der Waals surface area contributed by atoms with E-state index in [1.165, 1.54) is 25.5 Å². The molecule has 1 aromatic heterocycles. The van der Waals surface area contributed by atoms with Gasteiger partial charge in [-0.3, -0.25) is 38.5 Å². The molecule has 0 aliphatic carbocycles. The number of hydrogen-bond donors (Lipinski definition) is 5. The fraction of sp³-hybridized carbons (Fsp3) is 0.465. The molecule has 3 aromatic rings. The zero-order valence-electron chi connectivity index (χ0n) is 36.7. The fourth-order valence-electron chi connectivity index (χ4n) is 6.83. The van der Waals surface area contributed by atoms with Crippen molar-refractivity contribution in [3.05, 3.63) is 87.9 Å². The molecule has 1 fully saturated rings. The lowest BCUT2D eigenvalue weighted by atomic mass is 9.96. The number of sulfonamides is 1. The first-order chi connectivity index (χ1) is 31.1. The van der Waals surface area contributed by atoms with Crippen molar-refractivity contribution in [1.82, 2.24) is 40.9 Å². The third-order valence-corrected chi connectivity index (χ3v) is 12.8. The van der Waals surface area contributed by atoms with E-state index in [0.29, 0.717) is 12.0 Å². The number of carbonyl (C=O) groups is 7. The van der Waals surface area contributed by atoms with Crippen molar-refractivity contribution in [1.29, 1.82) is 0 Å². The molecule has 23 heteroatoms. The SMILES string of the molecule is CC[C@H](C)[C@H](NC(=O)[C@H](CC(C)C)NC(=O)c1cnccn1)C(=O)N1C[C@H](OCc2ccccc2)C[C@H]1C(=O)N[C@@H](CC(F)F)C(=O)C(=O)NCC(=O)NS(=O)(=O)c1cc(C)c(Cl)cc1Cl. The van der Waals surface area contributed by atoms with Crippen molar-refractivity contribution in [3.8, 4) is 0 Å². The standard InChI is InChI=1S/C43H52Cl2F2N8O10S/c1-6-24(4)37(53-39(58)31(14-23(2)3)52-40(59)32-19-48-12-13-49-32)43(62)55-21-27(65-22-26-10-8-7-9-11-26)16-33(55)41(60)51-30(18-35(46)47)38(57)42(61)50-20-36(56)54-66(63,64)34-15-25(5)28(44)17-29(34)45/h7-13,15,17,19,23-24,27,30-31,33,35,37H,6,14,16,18,20-22H2,1-5H3,(H,50,61)(H,51,60)(H,52,59)(H,53,58)(H,54,56)/t24-,27+,30-,31-,33-,37-/m0/s1. The Morgan fingerprint density at radius 1 is 0.924 bits per heavy atom. The monoisotopic (exact) mass is 980 g/mol. The molecule has 2 heterocycles. The number of ether oxygens (including phenoxy) is 1. The van der Waals surface area contributed by atoms with Crippen LogP contribution in [0.5, 0.6) is 0 Å². The number of nitrogens with zero attached hydrogens (tertiary/aromatic N) is 3. The van der Waals surface area contributed by atoms with Gasteiger partial charge in [-0.15, -0.1) is 0 Å². The first-order valence-corrected chi connectivity index (χ1v) is 23.1. The molecule has 2 aromatic carbocycles. The lowest BCUT2D eigenvalue weighted by Gasteiger charge is -2.33. The number of benzene rings is 2. The molecule has 1 saturated heterocycles. The Balaban J connectivity index is 1.55. The number of likely N-dealkylation sites (tertiary alicyclic amines) is 1. The van der Waals surface area contributed by atoms with Gasteiger partial charge in [0.25, 0.3) is 27.7 Å². The van der Waals surface area contributed by atoms with E-state index in [1.54, 1.807) is 48.9 Å². The summed E-state index contributed by atoms with van der Waals surface area (Å²) in [4.78, 5) is 103. The summed E-state index contributed by atoms with van der Waals surface area (Å²) in [5.74, 6) is -8.45. The predicted molar refractivity (Wildman–Crippen MR) is 236 cm³/mol. The minimum Gasteiger partial charge on any atom is -0.372 e. The van der Waals surface area contributed by atoms with Gasteiger partial charge in [-0.25, -0.2) is 26.9 Å². The lowest BCUT2D eigenvalue weighted by molar-refractivity contribution is -0.144. The Bertz CT molecular complexity index is 2350. The van der Waals surface area contributed by atoms with Crippen LogP contribution in [0.2, 0.25) is 10.0 Å². The molecule has 6 atom stereocenters. The number of aryl methyl sites for hydroxylation is 1. The van der Waals surface area contributed by atoms with E-state index in [2.05, 4.69) is 25.9 Å². The van der Waals surface area contributed by atoms with Crippen LogP contribution in [0, 0.1) is 18.8 Å². The third kappa shape index (κ3) is 14.9. The number of Topliss-reactive ketones (excluding diaryl/α,β-unsaturated/α-hetero) is 1. The molecular weight excluding hydrogens is 929 g/mol. The molecule has 4 rings (SSSR count). The van der Waals surface area contributed by atoms with E-state index in [1.807, 2.05) is 19.2 Å². The van der Waals surface area contributed by atoms with Gasteiger partial charge in [0.1, 0.15) is 34.8 Å². The van der Waals surface area contributed by atoms with Gasteiger partial charge in [-0.2, -0.15) is 0 Å². The molecule has 0 radical (unpaired) electrons. The van der Waals surface area contributed by atoms with E-state index in [9.17, 15) is 50.8 Å². The second-order valence-electron chi connectivity index (χ2n) is 16.1. The minimum absolute atomic E-state index is 0.0471. The van der Waals surface area contributed by atoms with E-state index in [0.717, 1.165) is 22.6 Å². The summed E-state index contributed by atoms with van der Waals surface area (Å²) >= 11 is 12.0. The molecule has 0 saturated carbocycles. The van der Waals surface area contributed by atoms with Crippen LogP contribution in [0.15, 0.2) is 66.0 Å². The zero-order chi connectivity index (χ0) is 48.9. The van der Waals surface area contributed by atoms with Crippen LogP contribution < -0.4 is 26.0 Å². The van der Waals surface area contributed by atoms with Crippen molar-refractivity contribution in [2.24, 2.45) is 11.8 Å². The lowest BCUT2D eigenvalue weighted by Crippen LogP contribution is -2.59. The number of rotatable bonds is 22. The van der Waals surface area contributed by atoms with Crippen molar-refractivity contribution >= 4 is 74.5 Å². The maximum atomic E-state index is 14.6. The molecule has 0 bridgehead atoms. The van der Waals surface area contributed by atoms with E-state index < -0.39 is 112 Å². The fourth-order valence-corrected chi connectivity index (χ4v) is 8.64. The van der Waals surface area contributed by atoms with Crippen LogP contribution in [0.4, 0.5) is 8.78 Å². The van der Waals surface area contributed by atoms with Crippen LogP contribution in [0.1, 0.15) is 75.0 Å². The van der Waals surface area contributed by atoms with Gasteiger partial charge in [0.2, 0.25) is 29.9 Å². The summed E-state index contributed by atoms with van der Waals surface area (Å²) in [5, 5.41) is 9.28. The molecular formula is C43H52Cl2F2N8O10S. The van der Waals surface area contributed by atoms with Gasteiger partial charge in [-0.05, 0) is 48.4 Å². The van der Waals surface area contributed by atoms with Crippen LogP contribution in [-0.4, -0.2) is 114 Å². The molecule has 6 amide bonds. The summed E-state index contributed by atoms with van der Waals surface area (Å²) < 4.78 is 61.4. The quantitative estimate of drug-likeness (QED) is 0.0911. The van der Waals surface area contributed by atoms with Crippen molar-refractivity contribution < 1.29 is 55.5 Å². The highest BCUT2D eigenvalue weighted by Gasteiger charge is 2.45. The summed E-state index contributed by atoms with van der Waals surface area (Å²) in [5.41, 5.74) is 1.03. The molecule has 358 valence electrons. The van der Waals surface area contributed by atoms with E-state index in [4.69, 9.17) is 27.9 Å². The Hall–Kier alpha value is -5.64. The Labute approximate surface area is 390 Å². The smallest absolute Gasteiger partial charge is 0.290 e. The number of ketones is 1. The van der Waals surface area contributed by atoms with Crippen molar-refractivity contribution in [2.45, 2.75) is 109 Å². The van der Waals surface area contributed by atoms with E-state index in [-0.39, 0.29) is 47.7 Å². The van der Waals surface area contributed by atoms with Crippen molar-refractivity contribution in [2.75, 3.05) is 13.1 Å². The largest absolute Gasteiger partial charge is 0.372 e. The average Bonchev–Trinajstić information content (AvgIpc) is 3.71. The molecule has 66 heavy (non-hydrogen) atoms. The highest BCUT2D eigenvalue weighted by Crippen LogP contribution is 2.29. The normalized spacial score (nSPS) is 16.7. The molecule has 5 N–H and O–H groups in total. The summed E-state index contributed by atoms with van der Waals surface area (Å²) in [6, 6.07) is 5.12. The maximum absolute atomic E-state index is 14.6. The first kappa shape index (κ1) is 53.0. The number of halogens is 4. The minimum atomic E-state index is -4.61. The number of amides is 6. The molecule has 18 nitrogen and oxygen atoms in total. The number of alkyl halides is 2. The molecule has 1 aliphatic rings. The summed E-state index contributed by atoms with van der Waals surface area (Å²) in [7, 11) is -4.61. The Morgan fingerprint density at radius 3 is 2.24 bits per heavy atom. The average molecular weight is 982 g/mol. The van der Waals surface area contributed by atoms with Gasteiger partial charge >= 0.3 is 0 Å². The molecule has 1 aliphatic heterocycles. The van der Waals surface area contributed by atoms with Crippen LogP contribution in [-0.2, 0) is 50.1 Å². The van der Waals surface area contributed by atoms with Gasteiger partial charge in [-0.1, -0.05) is 87.6 Å². The number of carbonyl (C=O) groups excluding carboxylic acids is 7. The topological polar surface area (TPSA) is 252 Å². The number of nitrogens with one attached hydrogen (secondary N) is 5. The van der Waals surface area contributed by atoms with Crippen LogP contribution >= 0.6 is 23.2 Å². The second kappa shape index (κ2) is 24.2. The second-order valence-corrected chi connectivity index (χ2v) is 18.5. The van der Waals surface area contributed by atoms with Gasteiger partial charge in [0.15, 0.2) is 0 Å². The summed E-state index contributed by atoms with van der Waals surface area (Å²) in [6.07, 6.45) is -1.17. The first-order valence-electron chi connectivity index (χ1n) is 20.9. The molecule has 0 unspecified atom stereocenters. The zero-order valence-corrected chi connectivity index (χ0v) is 39.0. The van der Waals surface area contributed by atoms with Gasteiger partial charge in [0, 0.05) is 36.8 Å². The third-order valence-electron chi connectivity index (χ3n) is 10.5. The number of aromatic nitrogens is 2. The van der Waals surface area contributed by atoms with Crippen LogP contribution in [0.3, 0.4) is 0 Å². The number of hydrogen-bond acceptors (Lipinski definition) is 12. The van der Waals surface area contributed by atoms with Crippen LogP contribution in [0.25, 0.3) is 0 Å². The van der Waals surface area contributed by atoms with Gasteiger partial charge < -0.3 is 30.9 Å². The highest BCUT2D eigenvalue weighted by molar-refractivity contribution is 7.90. The predicted octanol–water partition coefficient (Wildman–Crippen LogP) is 3.28. The Morgan fingerprint density at radius 2 is 1.62 bits per heavy atom. The maximum Gasteiger partial charge on any atom is 0.290 e. The highest BCUT2D eigenvalue weighted by atomic mass is 35.5. The summed E-state index contributed by atoms with van der Waals surface area (Å²) in [6.45, 7) is 7.34. The van der Waals surface area contributed by atoms with E-state index >= 15 is 0 Å². The molecule has 0 spiro atoms.